The van der Waals surface area contributed by atoms with E-state index in [9.17, 15) is 4.79 Å². The highest BCUT2D eigenvalue weighted by Gasteiger charge is 2.58. The number of hydrogen-bond donors (Lipinski definition) is 0. The lowest BCUT2D eigenvalue weighted by atomic mass is 9.50. The second-order valence-corrected chi connectivity index (χ2v) is 11.0. The molecule has 0 aromatic heterocycles. The first-order valence-corrected chi connectivity index (χ1v) is 12.3. The molecule has 2 fully saturated rings. The van der Waals surface area contributed by atoms with E-state index in [-0.39, 0.29) is 10.8 Å². The van der Waals surface area contributed by atoms with Crippen molar-refractivity contribution in [1.82, 2.24) is 0 Å². The molecule has 1 aromatic carbocycles. The number of Topliss-reactive ketones (excluding diaryl/α,β-unsaturated/α-hetero) is 1. The third kappa shape index (κ3) is 2.83. The molecule has 32 heavy (non-hydrogen) atoms. The van der Waals surface area contributed by atoms with Crippen LogP contribution in [0.4, 0.5) is 0 Å². The fourth-order valence-corrected chi connectivity index (χ4v) is 7.47. The van der Waals surface area contributed by atoms with Crippen LogP contribution in [0.1, 0.15) is 57.1 Å². The fraction of sp³-hybridized carbons (Fsp3) is 0.552. The summed E-state index contributed by atoms with van der Waals surface area (Å²) in [6, 6.07) is 9.05. The molecule has 1 aromatic rings. The Kier molecular flexibility index (Phi) is 4.52. The highest BCUT2D eigenvalue weighted by Crippen LogP contribution is 2.63. The van der Waals surface area contributed by atoms with Crippen molar-refractivity contribution >= 4 is 5.78 Å². The normalized spacial score (nSPS) is 37.3. The number of rotatable bonds is 2. The zero-order valence-corrected chi connectivity index (χ0v) is 19.6. The Bertz CT molecular complexity index is 1050. The van der Waals surface area contributed by atoms with E-state index >= 15 is 0 Å². The Morgan fingerprint density at radius 2 is 1.81 bits per heavy atom. The Hall–Kier alpha value is -1.97. The maximum Gasteiger partial charge on any atom is 0.188 e. The molecule has 3 heteroatoms. The van der Waals surface area contributed by atoms with Gasteiger partial charge in [0.1, 0.15) is 5.78 Å². The van der Waals surface area contributed by atoms with Crippen LogP contribution in [-0.4, -0.2) is 24.8 Å². The number of allylic oxidation sites excluding steroid dienone is 5. The molecule has 0 N–H and O–H groups in total. The van der Waals surface area contributed by atoms with E-state index < -0.39 is 5.79 Å². The number of benzene rings is 1. The van der Waals surface area contributed by atoms with Crippen LogP contribution in [0, 0.1) is 29.6 Å². The molecule has 1 spiro atoms. The maximum absolute atomic E-state index is 12.8. The predicted molar refractivity (Wildman–Crippen MR) is 125 cm³/mol. The van der Waals surface area contributed by atoms with Gasteiger partial charge in [0.05, 0.1) is 13.2 Å². The van der Waals surface area contributed by atoms with Crippen LogP contribution >= 0.6 is 0 Å². The fourth-order valence-electron chi connectivity index (χ4n) is 7.47. The molecule has 1 saturated carbocycles. The van der Waals surface area contributed by atoms with Crippen molar-refractivity contribution in [3.8, 4) is 0 Å². The summed E-state index contributed by atoms with van der Waals surface area (Å²) in [6.07, 6.45) is 12.8. The van der Waals surface area contributed by atoms with Crippen molar-refractivity contribution < 1.29 is 14.3 Å². The van der Waals surface area contributed by atoms with Gasteiger partial charge in [0.2, 0.25) is 0 Å². The SMILES string of the molecule is CC1=C[C@@H]2C(=CC[C@]3(C)C(=O)CC[C@@H]23)[C@@]2(Cc3ccc(C)cc3)CCC3(C=C12)OCCO3. The first-order valence-electron chi connectivity index (χ1n) is 12.3. The highest BCUT2D eigenvalue weighted by molar-refractivity contribution is 5.87. The summed E-state index contributed by atoms with van der Waals surface area (Å²) in [5.74, 6) is 0.702. The predicted octanol–water partition coefficient (Wildman–Crippen LogP) is 5.88. The summed E-state index contributed by atoms with van der Waals surface area (Å²) in [4.78, 5) is 12.8. The first kappa shape index (κ1) is 20.6. The monoisotopic (exact) mass is 430 g/mol. The molecular formula is C29H34O3. The van der Waals surface area contributed by atoms with Crippen LogP contribution in [0.5, 0.6) is 0 Å². The van der Waals surface area contributed by atoms with Gasteiger partial charge in [0, 0.05) is 29.6 Å². The summed E-state index contributed by atoms with van der Waals surface area (Å²) >= 11 is 0. The molecule has 0 bridgehead atoms. The molecule has 1 heterocycles. The van der Waals surface area contributed by atoms with Gasteiger partial charge in [-0.05, 0) is 62.7 Å². The summed E-state index contributed by atoms with van der Waals surface area (Å²) < 4.78 is 12.3. The Labute approximate surface area is 191 Å². The molecule has 0 amide bonds. The van der Waals surface area contributed by atoms with E-state index in [1.165, 1.54) is 22.3 Å². The smallest absolute Gasteiger partial charge is 0.188 e. The van der Waals surface area contributed by atoms with E-state index in [1.54, 1.807) is 5.57 Å². The number of fused-ring (bicyclic) bond motifs is 5. The zero-order valence-electron chi connectivity index (χ0n) is 19.6. The second-order valence-electron chi connectivity index (χ2n) is 11.0. The number of aryl methyl sites for hydroxylation is 1. The van der Waals surface area contributed by atoms with Gasteiger partial charge >= 0.3 is 0 Å². The number of carbonyl (C=O) groups is 1. The number of hydrogen-bond acceptors (Lipinski definition) is 3. The van der Waals surface area contributed by atoms with Gasteiger partial charge in [-0.25, -0.2) is 0 Å². The minimum Gasteiger partial charge on any atom is -0.344 e. The third-order valence-electron chi connectivity index (χ3n) is 9.27. The van der Waals surface area contributed by atoms with E-state index in [1.807, 2.05) is 0 Å². The molecule has 4 aliphatic carbocycles. The quantitative estimate of drug-likeness (QED) is 0.550. The standard InChI is InChI=1S/C29H34O3/c1-19-4-6-21(7-5-19)17-28-12-13-29(31-14-15-32-29)18-25(28)20(2)16-22-23-8-9-26(30)27(23,3)11-10-24(22)28/h4-7,10,16,18,22-23H,8-9,11-15,17H2,1-3H3/t22-,23-,27-,28-/m0/s1. The lowest BCUT2D eigenvalue weighted by Gasteiger charge is -2.54. The Morgan fingerprint density at radius 3 is 2.56 bits per heavy atom. The summed E-state index contributed by atoms with van der Waals surface area (Å²) in [6.45, 7) is 7.98. The molecule has 4 atom stereocenters. The first-order chi connectivity index (χ1) is 15.4. The lowest BCUT2D eigenvalue weighted by Crippen LogP contribution is -2.48. The van der Waals surface area contributed by atoms with Crippen molar-refractivity contribution in [1.29, 1.82) is 0 Å². The largest absolute Gasteiger partial charge is 0.344 e. The van der Waals surface area contributed by atoms with Gasteiger partial charge in [-0.1, -0.05) is 60.1 Å². The minimum atomic E-state index is -0.554. The third-order valence-corrected chi connectivity index (χ3v) is 9.27. The molecule has 0 unspecified atom stereocenters. The number of carbonyl (C=O) groups excluding carboxylic acids is 1. The van der Waals surface area contributed by atoms with Crippen LogP contribution < -0.4 is 0 Å². The van der Waals surface area contributed by atoms with Gasteiger partial charge in [-0.2, -0.15) is 0 Å². The van der Waals surface area contributed by atoms with Crippen molar-refractivity contribution in [2.75, 3.05) is 13.2 Å². The van der Waals surface area contributed by atoms with Gasteiger partial charge in [0.15, 0.2) is 5.79 Å². The maximum atomic E-state index is 12.8. The molecule has 0 radical (unpaired) electrons. The topological polar surface area (TPSA) is 35.5 Å². The molecule has 1 saturated heterocycles. The molecule has 1 aliphatic heterocycles. The van der Waals surface area contributed by atoms with E-state index in [0.717, 1.165) is 38.5 Å². The van der Waals surface area contributed by atoms with Crippen LogP contribution in [-0.2, 0) is 20.7 Å². The average molecular weight is 431 g/mol. The van der Waals surface area contributed by atoms with E-state index in [2.05, 4.69) is 63.3 Å². The van der Waals surface area contributed by atoms with Crippen LogP contribution in [0.3, 0.4) is 0 Å². The molecule has 168 valence electrons. The summed E-state index contributed by atoms with van der Waals surface area (Å²) in [5, 5.41) is 0. The van der Waals surface area contributed by atoms with Crippen molar-refractivity contribution in [3.63, 3.8) is 0 Å². The molecule has 6 rings (SSSR count). The second kappa shape index (κ2) is 7.01. The van der Waals surface area contributed by atoms with E-state index in [0.29, 0.717) is 30.8 Å². The summed E-state index contributed by atoms with van der Waals surface area (Å²) in [5.41, 5.74) is 6.75. The highest BCUT2D eigenvalue weighted by atomic mass is 16.7. The van der Waals surface area contributed by atoms with Crippen molar-refractivity contribution in [2.24, 2.45) is 22.7 Å². The van der Waals surface area contributed by atoms with Gasteiger partial charge < -0.3 is 9.47 Å². The number of ketones is 1. The van der Waals surface area contributed by atoms with Crippen molar-refractivity contribution in [3.05, 3.63) is 70.3 Å². The molecular weight excluding hydrogens is 396 g/mol. The zero-order chi connectivity index (χ0) is 22.1. The van der Waals surface area contributed by atoms with Gasteiger partial charge in [-0.15, -0.1) is 0 Å². The van der Waals surface area contributed by atoms with Crippen LogP contribution in [0.15, 0.2) is 59.2 Å². The van der Waals surface area contributed by atoms with Crippen LogP contribution in [0.2, 0.25) is 0 Å². The number of ether oxygens (including phenoxy) is 2. The average Bonchev–Trinajstić information content (AvgIpc) is 3.36. The van der Waals surface area contributed by atoms with E-state index in [4.69, 9.17) is 9.47 Å². The molecule has 5 aliphatic rings. The van der Waals surface area contributed by atoms with Gasteiger partial charge in [-0.3, -0.25) is 4.79 Å². The van der Waals surface area contributed by atoms with Crippen molar-refractivity contribution in [2.45, 2.75) is 65.1 Å². The van der Waals surface area contributed by atoms with Crippen LogP contribution in [0.25, 0.3) is 0 Å². The Balaban J connectivity index is 1.51. The minimum absolute atomic E-state index is 0.0354. The Morgan fingerprint density at radius 1 is 1.06 bits per heavy atom. The van der Waals surface area contributed by atoms with Gasteiger partial charge in [0.25, 0.3) is 0 Å². The lowest BCUT2D eigenvalue weighted by molar-refractivity contribution is -0.132. The summed E-state index contributed by atoms with van der Waals surface area (Å²) in [7, 11) is 0. The molecule has 3 nitrogen and oxygen atoms in total.